The van der Waals surface area contributed by atoms with E-state index in [-0.39, 0.29) is 22.0 Å². The molecule has 0 atom stereocenters. The van der Waals surface area contributed by atoms with Crippen LogP contribution in [0.2, 0.25) is 0 Å². The lowest BCUT2D eigenvalue weighted by Gasteiger charge is -2.13. The minimum Gasteiger partial charge on any atom is -0.506 e. The Hall–Kier alpha value is -2.81. The number of rotatable bonds is 5. The fourth-order valence-corrected chi connectivity index (χ4v) is 3.23. The zero-order valence-electron chi connectivity index (χ0n) is 12.3. The monoisotopic (exact) mass is 338 g/mol. The van der Waals surface area contributed by atoms with Crippen LogP contribution in [0.4, 0.5) is 11.4 Å². The van der Waals surface area contributed by atoms with Gasteiger partial charge in [-0.3, -0.25) is 14.8 Å². The van der Waals surface area contributed by atoms with Gasteiger partial charge in [-0.2, -0.15) is 0 Å². The Morgan fingerprint density at radius 3 is 2.52 bits per heavy atom. The smallest absolute Gasteiger partial charge is 0.271 e. The van der Waals surface area contributed by atoms with Crippen molar-refractivity contribution in [2.24, 2.45) is 0 Å². The van der Waals surface area contributed by atoms with Gasteiger partial charge in [0.05, 0.1) is 17.7 Å². The summed E-state index contributed by atoms with van der Waals surface area (Å²) in [6, 6.07) is 7.63. The molecule has 0 aromatic heterocycles. The number of hydrogen-bond donors (Lipinski definition) is 2. The predicted octanol–water partition coefficient (Wildman–Crippen LogP) is 2.42. The maximum atomic E-state index is 12.5. The molecule has 0 saturated heterocycles. The van der Waals surface area contributed by atoms with Crippen LogP contribution in [-0.2, 0) is 10.0 Å². The van der Waals surface area contributed by atoms with Gasteiger partial charge in [0, 0.05) is 12.1 Å². The fourth-order valence-electron chi connectivity index (χ4n) is 1.91. The molecule has 8 nitrogen and oxygen atoms in total. The van der Waals surface area contributed by atoms with Gasteiger partial charge in [0.15, 0.2) is 0 Å². The SMILES string of the molecule is COc1ccc(C)cc1S(=O)(=O)Nc1cc([N+](=O)[O-])ccc1O. The first-order chi connectivity index (χ1) is 10.7. The molecule has 0 bridgehead atoms. The summed E-state index contributed by atoms with van der Waals surface area (Å²) in [7, 11) is -2.77. The van der Waals surface area contributed by atoms with Gasteiger partial charge in [-0.1, -0.05) is 6.07 Å². The Labute approximate surface area is 132 Å². The lowest BCUT2D eigenvalue weighted by Crippen LogP contribution is -2.14. The second-order valence-corrected chi connectivity index (χ2v) is 6.37. The van der Waals surface area contributed by atoms with Gasteiger partial charge in [-0.25, -0.2) is 8.42 Å². The highest BCUT2D eigenvalue weighted by molar-refractivity contribution is 7.92. The van der Waals surface area contributed by atoms with Crippen molar-refractivity contribution in [3.05, 3.63) is 52.1 Å². The van der Waals surface area contributed by atoms with Crippen LogP contribution >= 0.6 is 0 Å². The first-order valence-electron chi connectivity index (χ1n) is 6.39. The average Bonchev–Trinajstić information content (AvgIpc) is 2.49. The number of non-ortho nitro benzene ring substituents is 1. The molecule has 2 aromatic rings. The maximum Gasteiger partial charge on any atom is 0.271 e. The fraction of sp³-hybridized carbons (Fsp3) is 0.143. The molecule has 0 fully saturated rings. The summed E-state index contributed by atoms with van der Waals surface area (Å²) >= 11 is 0. The van der Waals surface area contributed by atoms with Crippen LogP contribution in [0.1, 0.15) is 5.56 Å². The predicted molar refractivity (Wildman–Crippen MR) is 83.3 cm³/mol. The third-order valence-corrected chi connectivity index (χ3v) is 4.43. The molecule has 0 aliphatic heterocycles. The van der Waals surface area contributed by atoms with E-state index in [2.05, 4.69) is 4.72 Å². The Balaban J connectivity index is 2.49. The van der Waals surface area contributed by atoms with E-state index < -0.39 is 20.7 Å². The van der Waals surface area contributed by atoms with E-state index in [9.17, 15) is 23.6 Å². The van der Waals surface area contributed by atoms with Gasteiger partial charge >= 0.3 is 0 Å². The number of nitro groups is 1. The zero-order valence-corrected chi connectivity index (χ0v) is 13.1. The average molecular weight is 338 g/mol. The number of ether oxygens (including phenoxy) is 1. The summed E-state index contributed by atoms with van der Waals surface area (Å²) in [4.78, 5) is 9.95. The summed E-state index contributed by atoms with van der Waals surface area (Å²) < 4.78 is 32.2. The van der Waals surface area contributed by atoms with E-state index in [1.165, 1.54) is 19.2 Å². The van der Waals surface area contributed by atoms with E-state index in [0.29, 0.717) is 5.56 Å². The number of aromatic hydroxyl groups is 1. The first-order valence-corrected chi connectivity index (χ1v) is 7.88. The standard InChI is InChI=1S/C14H14N2O6S/c1-9-3-6-13(22-2)14(7-9)23(20,21)15-11-8-10(16(18)19)4-5-12(11)17/h3-8,15,17H,1-2H3. The third kappa shape index (κ3) is 3.51. The van der Waals surface area contributed by atoms with Gasteiger partial charge < -0.3 is 9.84 Å². The number of nitro benzene ring substituents is 1. The molecular weight excluding hydrogens is 324 g/mol. The van der Waals surface area contributed by atoms with Gasteiger partial charge in [-0.15, -0.1) is 0 Å². The van der Waals surface area contributed by atoms with Crippen molar-refractivity contribution in [1.29, 1.82) is 0 Å². The van der Waals surface area contributed by atoms with Crippen LogP contribution in [0.5, 0.6) is 11.5 Å². The largest absolute Gasteiger partial charge is 0.506 e. The van der Waals surface area contributed by atoms with Crippen LogP contribution in [0.15, 0.2) is 41.3 Å². The molecule has 0 aliphatic carbocycles. The normalized spacial score (nSPS) is 11.0. The number of aryl methyl sites for hydroxylation is 1. The molecule has 0 amide bonds. The number of nitrogens with one attached hydrogen (secondary N) is 1. The minimum atomic E-state index is -4.10. The van der Waals surface area contributed by atoms with Crippen LogP contribution in [-0.4, -0.2) is 25.6 Å². The Bertz CT molecular complexity index is 864. The Morgan fingerprint density at radius 1 is 1.22 bits per heavy atom. The highest BCUT2D eigenvalue weighted by atomic mass is 32.2. The number of phenols is 1. The molecule has 23 heavy (non-hydrogen) atoms. The molecule has 0 heterocycles. The lowest BCUT2D eigenvalue weighted by molar-refractivity contribution is -0.384. The number of benzene rings is 2. The van der Waals surface area contributed by atoms with Crippen molar-refractivity contribution in [3.8, 4) is 11.5 Å². The van der Waals surface area contributed by atoms with Crippen LogP contribution < -0.4 is 9.46 Å². The van der Waals surface area contributed by atoms with E-state index in [4.69, 9.17) is 4.74 Å². The van der Waals surface area contributed by atoms with Crippen molar-refractivity contribution in [2.45, 2.75) is 11.8 Å². The summed E-state index contributed by atoms with van der Waals surface area (Å²) in [5, 5.41) is 20.5. The number of hydrogen-bond acceptors (Lipinski definition) is 6. The molecule has 9 heteroatoms. The van der Waals surface area contributed by atoms with Crippen molar-refractivity contribution >= 4 is 21.4 Å². The highest BCUT2D eigenvalue weighted by Gasteiger charge is 2.22. The quantitative estimate of drug-likeness (QED) is 0.491. The summed E-state index contributed by atoms with van der Waals surface area (Å²) in [6.07, 6.45) is 0. The highest BCUT2D eigenvalue weighted by Crippen LogP contribution is 2.32. The third-order valence-electron chi connectivity index (χ3n) is 3.04. The summed E-state index contributed by atoms with van der Waals surface area (Å²) in [5.74, 6) is -0.307. The number of phenolic OH excluding ortho intramolecular Hbond substituents is 1. The molecule has 0 unspecified atom stereocenters. The van der Waals surface area contributed by atoms with Gasteiger partial charge in [0.2, 0.25) is 0 Å². The van der Waals surface area contributed by atoms with E-state index in [1.807, 2.05) is 0 Å². The first kappa shape index (κ1) is 16.6. The van der Waals surface area contributed by atoms with E-state index in [0.717, 1.165) is 18.2 Å². The summed E-state index contributed by atoms with van der Waals surface area (Å²) in [6.45, 7) is 1.71. The van der Waals surface area contributed by atoms with Crippen molar-refractivity contribution in [2.75, 3.05) is 11.8 Å². The number of anilines is 1. The minimum absolute atomic E-state index is 0.119. The van der Waals surface area contributed by atoms with Gasteiger partial charge in [-0.05, 0) is 30.7 Å². The van der Waals surface area contributed by atoms with Gasteiger partial charge in [0.1, 0.15) is 16.4 Å². The van der Waals surface area contributed by atoms with Crippen LogP contribution in [0.25, 0.3) is 0 Å². The Kier molecular flexibility index (Phi) is 4.41. The molecule has 122 valence electrons. The van der Waals surface area contributed by atoms with E-state index in [1.54, 1.807) is 13.0 Å². The van der Waals surface area contributed by atoms with Crippen molar-refractivity contribution in [3.63, 3.8) is 0 Å². The molecule has 0 saturated carbocycles. The Morgan fingerprint density at radius 2 is 1.91 bits per heavy atom. The summed E-state index contributed by atoms with van der Waals surface area (Å²) in [5.41, 5.74) is 0.0499. The second-order valence-electron chi connectivity index (χ2n) is 4.72. The van der Waals surface area contributed by atoms with Gasteiger partial charge in [0.25, 0.3) is 15.7 Å². The lowest BCUT2D eigenvalue weighted by atomic mass is 10.2. The van der Waals surface area contributed by atoms with E-state index >= 15 is 0 Å². The maximum absolute atomic E-state index is 12.5. The number of nitrogens with zero attached hydrogens (tertiary/aromatic N) is 1. The molecule has 0 spiro atoms. The molecular formula is C14H14N2O6S. The topological polar surface area (TPSA) is 119 Å². The van der Waals surface area contributed by atoms with Crippen LogP contribution in [0.3, 0.4) is 0 Å². The molecule has 2 N–H and O–H groups in total. The molecule has 0 radical (unpaired) electrons. The number of methoxy groups -OCH3 is 1. The molecule has 2 rings (SSSR count). The molecule has 2 aromatic carbocycles. The van der Waals surface area contributed by atoms with Crippen molar-refractivity contribution < 1.29 is 23.2 Å². The van der Waals surface area contributed by atoms with Crippen molar-refractivity contribution in [1.82, 2.24) is 0 Å². The van der Waals surface area contributed by atoms with Crippen LogP contribution in [0, 0.1) is 17.0 Å². The number of sulfonamides is 1. The second kappa shape index (κ2) is 6.13. The zero-order chi connectivity index (χ0) is 17.2. The molecule has 0 aliphatic rings.